The van der Waals surface area contributed by atoms with Crippen LogP contribution in [0.2, 0.25) is 0 Å². The molecule has 2 atom stereocenters. The first-order valence-corrected chi connectivity index (χ1v) is 9.35. The highest BCUT2D eigenvalue weighted by molar-refractivity contribution is 7.89. The summed E-state index contributed by atoms with van der Waals surface area (Å²) < 4.78 is 37.5. The molecule has 138 valence electrons. The number of ether oxygens (including phenoxy) is 2. The van der Waals surface area contributed by atoms with E-state index >= 15 is 0 Å². The van der Waals surface area contributed by atoms with Crippen molar-refractivity contribution >= 4 is 22.0 Å². The summed E-state index contributed by atoms with van der Waals surface area (Å²) >= 11 is 0. The summed E-state index contributed by atoms with van der Waals surface area (Å²) in [4.78, 5) is 22.9. The zero-order valence-electron chi connectivity index (χ0n) is 14.2. The van der Waals surface area contributed by atoms with Crippen molar-refractivity contribution in [3.05, 3.63) is 23.8 Å². The van der Waals surface area contributed by atoms with Crippen LogP contribution >= 0.6 is 0 Å². The standard InChI is InChI=1S/C16H21NO7S/c1-4-23-16(20)13-8-10-7-11(5-6-12(10)24-13)25(21,22)17-14(9(2)3)15(18)19/h5-7,9,13-14,17H,4,8H2,1-3H3,(H,18,19). The van der Waals surface area contributed by atoms with Crippen LogP contribution in [-0.4, -0.2) is 44.2 Å². The Balaban J connectivity index is 2.22. The molecule has 1 heterocycles. The highest BCUT2D eigenvalue weighted by Crippen LogP contribution is 2.31. The van der Waals surface area contributed by atoms with E-state index in [0.29, 0.717) is 11.3 Å². The van der Waals surface area contributed by atoms with Crippen LogP contribution in [-0.2, 0) is 30.8 Å². The Kier molecular flexibility index (Phi) is 5.69. The van der Waals surface area contributed by atoms with E-state index in [9.17, 15) is 18.0 Å². The summed E-state index contributed by atoms with van der Waals surface area (Å²) in [6.45, 7) is 5.14. The van der Waals surface area contributed by atoms with Crippen LogP contribution in [0.3, 0.4) is 0 Å². The Bertz CT molecular complexity index is 773. The molecule has 1 aromatic rings. The lowest BCUT2D eigenvalue weighted by Gasteiger charge is -2.18. The maximum absolute atomic E-state index is 12.5. The zero-order valence-corrected chi connectivity index (χ0v) is 15.0. The van der Waals surface area contributed by atoms with Crippen molar-refractivity contribution in [2.45, 2.75) is 44.2 Å². The first-order valence-electron chi connectivity index (χ1n) is 7.87. The fourth-order valence-electron chi connectivity index (χ4n) is 2.47. The Labute approximate surface area is 146 Å². The number of hydrogen-bond donors (Lipinski definition) is 2. The Morgan fingerprint density at radius 3 is 2.64 bits per heavy atom. The minimum absolute atomic E-state index is 0.0775. The average molecular weight is 371 g/mol. The fourth-order valence-corrected chi connectivity index (χ4v) is 3.85. The summed E-state index contributed by atoms with van der Waals surface area (Å²) in [6.07, 6.45) is -0.604. The number of benzene rings is 1. The Morgan fingerprint density at radius 1 is 1.40 bits per heavy atom. The second-order valence-electron chi connectivity index (χ2n) is 6.01. The number of rotatable bonds is 7. The average Bonchev–Trinajstić information content (AvgIpc) is 2.95. The van der Waals surface area contributed by atoms with E-state index < -0.39 is 40.0 Å². The number of nitrogens with one attached hydrogen (secondary N) is 1. The minimum Gasteiger partial charge on any atom is -0.480 e. The van der Waals surface area contributed by atoms with E-state index in [-0.39, 0.29) is 17.9 Å². The first-order chi connectivity index (χ1) is 11.7. The molecule has 0 saturated carbocycles. The molecule has 0 amide bonds. The third kappa shape index (κ3) is 4.29. The van der Waals surface area contributed by atoms with Crippen molar-refractivity contribution in [3.63, 3.8) is 0 Å². The lowest BCUT2D eigenvalue weighted by atomic mass is 10.1. The lowest BCUT2D eigenvalue weighted by Crippen LogP contribution is -2.44. The molecule has 0 saturated heterocycles. The number of carboxylic acid groups (broad SMARTS) is 1. The lowest BCUT2D eigenvalue weighted by molar-refractivity contribution is -0.150. The number of hydrogen-bond acceptors (Lipinski definition) is 6. The van der Waals surface area contributed by atoms with Gasteiger partial charge >= 0.3 is 11.9 Å². The molecule has 0 fully saturated rings. The number of fused-ring (bicyclic) bond motifs is 1. The van der Waals surface area contributed by atoms with E-state index in [0.717, 1.165) is 0 Å². The monoisotopic (exact) mass is 371 g/mol. The Morgan fingerprint density at radius 2 is 2.08 bits per heavy atom. The molecule has 1 aliphatic heterocycles. The highest BCUT2D eigenvalue weighted by Gasteiger charge is 2.33. The van der Waals surface area contributed by atoms with E-state index in [1.807, 2.05) is 0 Å². The predicted octanol–water partition coefficient (Wildman–Crippen LogP) is 0.941. The van der Waals surface area contributed by atoms with Crippen molar-refractivity contribution in [1.29, 1.82) is 0 Å². The maximum Gasteiger partial charge on any atom is 0.347 e. The van der Waals surface area contributed by atoms with Gasteiger partial charge in [0.1, 0.15) is 11.8 Å². The predicted molar refractivity (Wildman–Crippen MR) is 87.8 cm³/mol. The maximum atomic E-state index is 12.5. The molecule has 2 rings (SSSR count). The number of carboxylic acids is 1. The summed E-state index contributed by atoms with van der Waals surface area (Å²) in [6, 6.07) is 2.92. The molecule has 9 heteroatoms. The minimum atomic E-state index is -4.02. The van der Waals surface area contributed by atoms with Gasteiger partial charge < -0.3 is 14.6 Å². The van der Waals surface area contributed by atoms with Crippen LogP contribution in [0.15, 0.2) is 23.1 Å². The van der Waals surface area contributed by atoms with E-state index in [1.54, 1.807) is 20.8 Å². The van der Waals surface area contributed by atoms with Crippen molar-refractivity contribution in [2.75, 3.05) is 6.61 Å². The topological polar surface area (TPSA) is 119 Å². The van der Waals surface area contributed by atoms with Gasteiger partial charge in [0, 0.05) is 6.42 Å². The van der Waals surface area contributed by atoms with E-state index in [1.165, 1.54) is 18.2 Å². The molecule has 0 radical (unpaired) electrons. The number of carbonyl (C=O) groups excluding carboxylic acids is 1. The van der Waals surface area contributed by atoms with Gasteiger partial charge in [0.15, 0.2) is 6.10 Å². The molecular weight excluding hydrogens is 350 g/mol. The normalized spacial score (nSPS) is 17.7. The molecule has 8 nitrogen and oxygen atoms in total. The van der Waals surface area contributed by atoms with Gasteiger partial charge in [-0.2, -0.15) is 4.72 Å². The third-order valence-corrected chi connectivity index (χ3v) is 5.22. The largest absolute Gasteiger partial charge is 0.480 e. The highest BCUT2D eigenvalue weighted by atomic mass is 32.2. The molecule has 0 spiro atoms. The summed E-state index contributed by atoms with van der Waals surface area (Å²) in [5.74, 6) is -1.76. The van der Waals surface area contributed by atoms with Crippen molar-refractivity contribution < 1.29 is 32.6 Å². The van der Waals surface area contributed by atoms with Crippen molar-refractivity contribution in [2.24, 2.45) is 5.92 Å². The third-order valence-electron chi connectivity index (χ3n) is 3.78. The Hall–Kier alpha value is -2.13. The van der Waals surface area contributed by atoms with Gasteiger partial charge in [0.2, 0.25) is 10.0 Å². The molecule has 2 unspecified atom stereocenters. The summed E-state index contributed by atoms with van der Waals surface area (Å²) in [5, 5.41) is 9.16. The number of esters is 1. The molecule has 0 aromatic heterocycles. The van der Waals surface area contributed by atoms with Gasteiger partial charge in [0.25, 0.3) is 0 Å². The number of sulfonamides is 1. The second kappa shape index (κ2) is 7.40. The zero-order chi connectivity index (χ0) is 18.8. The van der Waals surface area contributed by atoms with Crippen LogP contribution in [0.4, 0.5) is 0 Å². The van der Waals surface area contributed by atoms with Crippen LogP contribution in [0.5, 0.6) is 5.75 Å². The van der Waals surface area contributed by atoms with E-state index in [2.05, 4.69) is 4.72 Å². The van der Waals surface area contributed by atoms with Crippen LogP contribution < -0.4 is 9.46 Å². The van der Waals surface area contributed by atoms with Crippen LogP contribution in [0.1, 0.15) is 26.3 Å². The summed E-state index contributed by atoms with van der Waals surface area (Å²) in [5.41, 5.74) is 0.553. The molecule has 1 aromatic carbocycles. The fraction of sp³-hybridized carbons (Fsp3) is 0.500. The van der Waals surface area contributed by atoms with Crippen molar-refractivity contribution in [1.82, 2.24) is 4.72 Å². The van der Waals surface area contributed by atoms with Gasteiger partial charge in [-0.3, -0.25) is 4.79 Å². The second-order valence-corrected chi connectivity index (χ2v) is 7.73. The van der Waals surface area contributed by atoms with Gasteiger partial charge in [0.05, 0.1) is 11.5 Å². The van der Waals surface area contributed by atoms with Gasteiger partial charge in [-0.15, -0.1) is 0 Å². The number of carbonyl (C=O) groups is 2. The molecular formula is C16H21NO7S. The van der Waals surface area contributed by atoms with E-state index in [4.69, 9.17) is 14.6 Å². The van der Waals surface area contributed by atoms with Crippen LogP contribution in [0.25, 0.3) is 0 Å². The van der Waals surface area contributed by atoms with Crippen LogP contribution in [0, 0.1) is 5.92 Å². The SMILES string of the molecule is CCOC(=O)C1Cc2cc(S(=O)(=O)NC(C(=O)O)C(C)C)ccc2O1. The van der Waals surface area contributed by atoms with Gasteiger partial charge in [-0.05, 0) is 36.6 Å². The molecule has 2 N–H and O–H groups in total. The molecule has 0 bridgehead atoms. The number of aliphatic carboxylic acids is 1. The smallest absolute Gasteiger partial charge is 0.347 e. The summed E-state index contributed by atoms with van der Waals surface area (Å²) in [7, 11) is -4.02. The molecule has 1 aliphatic rings. The van der Waals surface area contributed by atoms with Crippen molar-refractivity contribution in [3.8, 4) is 5.75 Å². The first kappa shape index (κ1) is 19.2. The molecule has 0 aliphatic carbocycles. The molecule has 25 heavy (non-hydrogen) atoms. The van der Waals surface area contributed by atoms with Gasteiger partial charge in [-0.25, -0.2) is 13.2 Å². The quantitative estimate of drug-likeness (QED) is 0.685. The van der Waals surface area contributed by atoms with Gasteiger partial charge in [-0.1, -0.05) is 13.8 Å².